The molecule has 2 aliphatic rings. The Morgan fingerprint density at radius 2 is 1.73 bits per heavy atom. The molecule has 26 heavy (non-hydrogen) atoms. The van der Waals surface area contributed by atoms with Gasteiger partial charge in [-0.15, -0.1) is 0 Å². The Balaban J connectivity index is 1.43. The minimum Gasteiger partial charge on any atom is -0.339 e. The van der Waals surface area contributed by atoms with Crippen molar-refractivity contribution in [1.29, 1.82) is 0 Å². The van der Waals surface area contributed by atoms with Crippen LogP contribution in [-0.2, 0) is 11.3 Å². The molecular formula is C19H28N4O3. The Kier molecular flexibility index (Phi) is 6.21. The second-order valence-electron chi connectivity index (χ2n) is 7.41. The molecule has 142 valence electrons. The van der Waals surface area contributed by atoms with Crippen LogP contribution in [0.2, 0.25) is 0 Å². The van der Waals surface area contributed by atoms with Gasteiger partial charge in [0.1, 0.15) is 0 Å². The minimum absolute atomic E-state index is 0.129. The topological polar surface area (TPSA) is 69.9 Å². The second kappa shape index (κ2) is 8.60. The van der Waals surface area contributed by atoms with Crippen LogP contribution in [0.3, 0.4) is 0 Å². The quantitative estimate of drug-likeness (QED) is 0.594. The van der Waals surface area contributed by atoms with E-state index < -0.39 is 0 Å². The van der Waals surface area contributed by atoms with Crippen LogP contribution in [-0.4, -0.2) is 70.8 Å². The zero-order valence-corrected chi connectivity index (χ0v) is 15.5. The summed E-state index contributed by atoms with van der Waals surface area (Å²) in [7, 11) is 0. The van der Waals surface area contributed by atoms with Gasteiger partial charge in [-0.1, -0.05) is 12.1 Å². The van der Waals surface area contributed by atoms with Crippen molar-refractivity contribution in [2.24, 2.45) is 0 Å². The summed E-state index contributed by atoms with van der Waals surface area (Å²) >= 11 is 0. The number of nitro groups is 1. The van der Waals surface area contributed by atoms with Crippen molar-refractivity contribution in [1.82, 2.24) is 14.7 Å². The largest absolute Gasteiger partial charge is 0.339 e. The number of nitro benzene ring substituents is 1. The van der Waals surface area contributed by atoms with E-state index in [0.29, 0.717) is 12.6 Å². The molecule has 2 heterocycles. The molecule has 2 fully saturated rings. The summed E-state index contributed by atoms with van der Waals surface area (Å²) in [4.78, 5) is 29.5. The molecule has 3 rings (SSSR count). The molecule has 0 unspecified atom stereocenters. The smallest absolute Gasteiger partial charge is 0.269 e. The van der Waals surface area contributed by atoms with Gasteiger partial charge in [0.05, 0.1) is 11.5 Å². The number of hydrogen-bond acceptors (Lipinski definition) is 5. The number of non-ortho nitro benzene ring substituents is 1. The molecule has 0 bridgehead atoms. The van der Waals surface area contributed by atoms with Gasteiger partial charge in [0, 0.05) is 57.4 Å². The van der Waals surface area contributed by atoms with Gasteiger partial charge >= 0.3 is 0 Å². The van der Waals surface area contributed by atoms with Gasteiger partial charge in [-0.25, -0.2) is 0 Å². The molecule has 0 aliphatic carbocycles. The molecule has 1 aromatic rings. The fraction of sp³-hybridized carbons (Fsp3) is 0.632. The molecule has 7 heteroatoms. The van der Waals surface area contributed by atoms with Crippen LogP contribution in [0.4, 0.5) is 5.69 Å². The van der Waals surface area contributed by atoms with Crippen molar-refractivity contribution in [2.75, 3.05) is 39.3 Å². The molecular weight excluding hydrogens is 332 g/mol. The fourth-order valence-electron chi connectivity index (χ4n) is 3.84. The number of carbonyl (C=O) groups excluding carboxylic acids is 1. The maximum atomic E-state index is 12.6. The summed E-state index contributed by atoms with van der Waals surface area (Å²) in [6.45, 7) is 7.99. The van der Waals surface area contributed by atoms with Gasteiger partial charge in [0.25, 0.3) is 5.69 Å². The zero-order chi connectivity index (χ0) is 18.5. The Morgan fingerprint density at radius 3 is 2.35 bits per heavy atom. The van der Waals surface area contributed by atoms with Crippen LogP contribution in [0.5, 0.6) is 0 Å². The molecule has 0 N–H and O–H groups in total. The fourth-order valence-corrected chi connectivity index (χ4v) is 3.84. The van der Waals surface area contributed by atoms with E-state index in [2.05, 4.69) is 16.7 Å². The van der Waals surface area contributed by atoms with Crippen LogP contribution in [0, 0.1) is 10.1 Å². The van der Waals surface area contributed by atoms with Crippen molar-refractivity contribution in [3.8, 4) is 0 Å². The van der Waals surface area contributed by atoms with Gasteiger partial charge < -0.3 is 4.90 Å². The predicted molar refractivity (Wildman–Crippen MR) is 99.8 cm³/mol. The van der Waals surface area contributed by atoms with E-state index in [4.69, 9.17) is 0 Å². The molecule has 0 radical (unpaired) electrons. The lowest BCUT2D eigenvalue weighted by molar-refractivity contribution is -0.384. The Morgan fingerprint density at radius 1 is 1.08 bits per heavy atom. The van der Waals surface area contributed by atoms with Crippen molar-refractivity contribution in [3.63, 3.8) is 0 Å². The average molecular weight is 360 g/mol. The maximum absolute atomic E-state index is 12.6. The predicted octanol–water partition coefficient (Wildman–Crippen LogP) is 2.11. The molecule has 1 amide bonds. The first-order valence-corrected chi connectivity index (χ1v) is 9.50. The highest BCUT2D eigenvalue weighted by Crippen LogP contribution is 2.17. The first kappa shape index (κ1) is 18.8. The normalized spacial score (nSPS) is 22.3. The molecule has 1 aromatic carbocycles. The summed E-state index contributed by atoms with van der Waals surface area (Å²) in [5.74, 6) is 0.265. The van der Waals surface area contributed by atoms with E-state index in [0.717, 1.165) is 57.7 Å². The third-order valence-corrected chi connectivity index (χ3v) is 5.50. The Labute approximate surface area is 154 Å². The number of amides is 1. The first-order valence-electron chi connectivity index (χ1n) is 9.50. The van der Waals surface area contributed by atoms with E-state index in [1.165, 1.54) is 6.42 Å². The van der Waals surface area contributed by atoms with Crippen molar-refractivity contribution in [2.45, 2.75) is 38.8 Å². The van der Waals surface area contributed by atoms with E-state index >= 15 is 0 Å². The Hall–Kier alpha value is -1.99. The van der Waals surface area contributed by atoms with Crippen molar-refractivity contribution < 1.29 is 9.72 Å². The number of benzene rings is 1. The number of hydrogen-bond donors (Lipinski definition) is 0. The van der Waals surface area contributed by atoms with E-state index in [-0.39, 0.29) is 16.5 Å². The summed E-state index contributed by atoms with van der Waals surface area (Å²) in [6.07, 6.45) is 3.47. The van der Waals surface area contributed by atoms with Crippen LogP contribution in [0.15, 0.2) is 24.3 Å². The molecule has 1 atom stereocenters. The highest BCUT2D eigenvalue weighted by Gasteiger charge is 2.26. The van der Waals surface area contributed by atoms with Gasteiger partial charge in [-0.2, -0.15) is 0 Å². The molecule has 0 spiro atoms. The number of likely N-dealkylation sites (tertiary alicyclic amines) is 1. The molecule has 7 nitrogen and oxygen atoms in total. The summed E-state index contributed by atoms with van der Waals surface area (Å²) in [5, 5.41) is 10.7. The van der Waals surface area contributed by atoms with Crippen LogP contribution in [0.1, 0.15) is 31.7 Å². The standard InChI is InChI=1S/C19H28N4O3/c1-16-4-2-3-9-22(16)19(24)15-21-12-10-20(11-13-21)14-17-5-7-18(8-6-17)23(25)26/h5-8,16H,2-4,9-15H2,1H3/t16-/m0/s1. The molecule has 2 aliphatic heterocycles. The number of piperazine rings is 1. The summed E-state index contributed by atoms with van der Waals surface area (Å²) < 4.78 is 0. The lowest BCUT2D eigenvalue weighted by Gasteiger charge is -2.38. The lowest BCUT2D eigenvalue weighted by Crippen LogP contribution is -2.51. The second-order valence-corrected chi connectivity index (χ2v) is 7.41. The molecule has 0 aromatic heterocycles. The number of rotatable bonds is 5. The van der Waals surface area contributed by atoms with Crippen molar-refractivity contribution in [3.05, 3.63) is 39.9 Å². The van der Waals surface area contributed by atoms with Gasteiger partial charge in [-0.3, -0.25) is 24.7 Å². The maximum Gasteiger partial charge on any atom is 0.269 e. The van der Waals surface area contributed by atoms with Gasteiger partial charge in [0.2, 0.25) is 5.91 Å². The van der Waals surface area contributed by atoms with Crippen molar-refractivity contribution >= 4 is 11.6 Å². The highest BCUT2D eigenvalue weighted by atomic mass is 16.6. The number of carbonyl (C=O) groups is 1. The lowest BCUT2D eigenvalue weighted by atomic mass is 10.0. The first-order chi connectivity index (χ1) is 12.5. The third kappa shape index (κ3) is 4.80. The summed E-state index contributed by atoms with van der Waals surface area (Å²) in [5.41, 5.74) is 1.21. The third-order valence-electron chi connectivity index (χ3n) is 5.50. The molecule has 0 saturated carbocycles. The van der Waals surface area contributed by atoms with Gasteiger partial charge in [-0.05, 0) is 31.7 Å². The summed E-state index contributed by atoms with van der Waals surface area (Å²) in [6, 6.07) is 7.14. The van der Waals surface area contributed by atoms with E-state index in [1.54, 1.807) is 12.1 Å². The highest BCUT2D eigenvalue weighted by molar-refractivity contribution is 5.78. The SMILES string of the molecule is C[C@H]1CCCCN1C(=O)CN1CCN(Cc2ccc([N+](=O)[O-])cc2)CC1. The zero-order valence-electron chi connectivity index (χ0n) is 15.5. The van der Waals surface area contributed by atoms with Gasteiger partial charge in [0.15, 0.2) is 0 Å². The number of piperidine rings is 1. The van der Waals surface area contributed by atoms with E-state index in [9.17, 15) is 14.9 Å². The van der Waals surface area contributed by atoms with Crippen LogP contribution in [0.25, 0.3) is 0 Å². The average Bonchev–Trinajstić information content (AvgIpc) is 2.64. The number of nitrogens with zero attached hydrogens (tertiary/aromatic N) is 4. The van der Waals surface area contributed by atoms with Crippen LogP contribution >= 0.6 is 0 Å². The minimum atomic E-state index is -0.372. The monoisotopic (exact) mass is 360 g/mol. The Bertz CT molecular complexity index is 626. The van der Waals surface area contributed by atoms with Crippen LogP contribution < -0.4 is 0 Å². The van der Waals surface area contributed by atoms with E-state index in [1.807, 2.05) is 17.0 Å². The molecule has 2 saturated heterocycles.